The standard InChI is InChI=1S/C14H22N2O3/c1-15-6-2-3-13(15)14(18)11-16-7-4-12(5-8-16)19-10-9-17/h2-3,6,12,17H,4-5,7-11H2,1H3. The lowest BCUT2D eigenvalue weighted by Crippen LogP contribution is -2.40. The number of aromatic nitrogens is 1. The van der Waals surface area contributed by atoms with Crippen LogP contribution in [0.15, 0.2) is 18.3 Å². The number of carbonyl (C=O) groups is 1. The molecule has 1 aromatic rings. The molecule has 2 heterocycles. The number of rotatable bonds is 6. The van der Waals surface area contributed by atoms with Crippen molar-refractivity contribution in [3.63, 3.8) is 0 Å². The molecule has 5 nitrogen and oxygen atoms in total. The Morgan fingerprint density at radius 1 is 1.47 bits per heavy atom. The van der Waals surface area contributed by atoms with Crippen LogP contribution in [0.2, 0.25) is 0 Å². The predicted octanol–water partition coefficient (Wildman–Crippen LogP) is 0.681. The van der Waals surface area contributed by atoms with Gasteiger partial charge in [-0.05, 0) is 25.0 Å². The fourth-order valence-corrected chi connectivity index (χ4v) is 2.49. The van der Waals surface area contributed by atoms with Crippen LogP contribution in [-0.2, 0) is 11.8 Å². The number of carbonyl (C=O) groups excluding carboxylic acids is 1. The van der Waals surface area contributed by atoms with Crippen LogP contribution in [0.4, 0.5) is 0 Å². The topological polar surface area (TPSA) is 54.7 Å². The summed E-state index contributed by atoms with van der Waals surface area (Å²) in [6, 6.07) is 3.75. The van der Waals surface area contributed by atoms with Crippen molar-refractivity contribution in [2.75, 3.05) is 32.8 Å². The van der Waals surface area contributed by atoms with E-state index in [1.165, 1.54) is 0 Å². The molecule has 106 valence electrons. The van der Waals surface area contributed by atoms with Crippen LogP contribution < -0.4 is 0 Å². The Labute approximate surface area is 113 Å². The van der Waals surface area contributed by atoms with Gasteiger partial charge in [-0.25, -0.2) is 0 Å². The number of ketones is 1. The molecular formula is C14H22N2O3. The smallest absolute Gasteiger partial charge is 0.193 e. The average molecular weight is 266 g/mol. The van der Waals surface area contributed by atoms with Gasteiger partial charge >= 0.3 is 0 Å². The zero-order valence-corrected chi connectivity index (χ0v) is 11.4. The number of piperidine rings is 1. The zero-order chi connectivity index (χ0) is 13.7. The van der Waals surface area contributed by atoms with Gasteiger partial charge in [0.05, 0.1) is 31.6 Å². The minimum Gasteiger partial charge on any atom is -0.394 e. The molecular weight excluding hydrogens is 244 g/mol. The highest BCUT2D eigenvalue weighted by molar-refractivity contribution is 5.96. The lowest BCUT2D eigenvalue weighted by atomic mass is 10.1. The van der Waals surface area contributed by atoms with E-state index in [1.807, 2.05) is 29.9 Å². The van der Waals surface area contributed by atoms with Crippen molar-refractivity contribution in [1.82, 2.24) is 9.47 Å². The first kappa shape index (κ1) is 14.2. The molecule has 1 saturated heterocycles. The Hall–Kier alpha value is -1.17. The van der Waals surface area contributed by atoms with Gasteiger partial charge in [0, 0.05) is 26.3 Å². The highest BCUT2D eigenvalue weighted by Gasteiger charge is 2.22. The highest BCUT2D eigenvalue weighted by atomic mass is 16.5. The van der Waals surface area contributed by atoms with E-state index in [4.69, 9.17) is 9.84 Å². The first-order valence-electron chi connectivity index (χ1n) is 6.80. The predicted molar refractivity (Wildman–Crippen MR) is 72.2 cm³/mol. The van der Waals surface area contributed by atoms with Gasteiger partial charge in [0.2, 0.25) is 0 Å². The number of aryl methyl sites for hydroxylation is 1. The van der Waals surface area contributed by atoms with E-state index in [1.54, 1.807) is 0 Å². The van der Waals surface area contributed by atoms with Crippen LogP contribution in [0, 0.1) is 0 Å². The summed E-state index contributed by atoms with van der Waals surface area (Å²) >= 11 is 0. The molecule has 0 saturated carbocycles. The summed E-state index contributed by atoms with van der Waals surface area (Å²) in [5.74, 6) is 0.169. The number of likely N-dealkylation sites (tertiary alicyclic amines) is 1. The molecule has 0 aromatic carbocycles. The average Bonchev–Trinajstić information content (AvgIpc) is 2.84. The number of aliphatic hydroxyl groups is 1. The molecule has 1 fully saturated rings. The first-order chi connectivity index (χ1) is 9.20. The Kier molecular flexibility index (Phi) is 5.13. The summed E-state index contributed by atoms with van der Waals surface area (Å²) in [4.78, 5) is 14.3. The van der Waals surface area contributed by atoms with Crippen molar-refractivity contribution in [1.29, 1.82) is 0 Å². The van der Waals surface area contributed by atoms with E-state index >= 15 is 0 Å². The monoisotopic (exact) mass is 266 g/mol. The molecule has 0 unspecified atom stereocenters. The molecule has 0 spiro atoms. The summed E-state index contributed by atoms with van der Waals surface area (Å²) in [5, 5.41) is 8.72. The normalized spacial score (nSPS) is 17.8. The van der Waals surface area contributed by atoms with Crippen molar-refractivity contribution in [2.45, 2.75) is 18.9 Å². The van der Waals surface area contributed by atoms with Gasteiger partial charge in [0.25, 0.3) is 0 Å². The van der Waals surface area contributed by atoms with Gasteiger partial charge in [0.15, 0.2) is 5.78 Å². The van der Waals surface area contributed by atoms with Crippen LogP contribution in [0.1, 0.15) is 23.3 Å². The Morgan fingerprint density at radius 2 is 2.21 bits per heavy atom. The summed E-state index contributed by atoms with van der Waals surface area (Å²) in [6.45, 7) is 2.72. The van der Waals surface area contributed by atoms with Crippen LogP contribution in [0.3, 0.4) is 0 Å². The maximum Gasteiger partial charge on any atom is 0.193 e. The molecule has 1 aromatic heterocycles. The number of nitrogens with zero attached hydrogens (tertiary/aromatic N) is 2. The quantitative estimate of drug-likeness (QED) is 0.769. The fraction of sp³-hybridized carbons (Fsp3) is 0.643. The third-order valence-corrected chi connectivity index (χ3v) is 3.58. The van der Waals surface area contributed by atoms with Gasteiger partial charge in [-0.1, -0.05) is 0 Å². The third kappa shape index (κ3) is 3.89. The van der Waals surface area contributed by atoms with Gasteiger partial charge in [-0.15, -0.1) is 0 Å². The maximum atomic E-state index is 12.1. The van der Waals surface area contributed by atoms with Crippen molar-refractivity contribution in [3.8, 4) is 0 Å². The number of Topliss-reactive ketones (excluding diaryl/α,β-unsaturated/α-hetero) is 1. The second-order valence-corrected chi connectivity index (χ2v) is 5.00. The van der Waals surface area contributed by atoms with Crippen LogP contribution >= 0.6 is 0 Å². The molecule has 5 heteroatoms. The van der Waals surface area contributed by atoms with E-state index in [-0.39, 0.29) is 18.5 Å². The number of ether oxygens (including phenoxy) is 1. The molecule has 0 aliphatic carbocycles. The molecule has 19 heavy (non-hydrogen) atoms. The van der Waals surface area contributed by atoms with E-state index < -0.39 is 0 Å². The summed E-state index contributed by atoms with van der Waals surface area (Å²) < 4.78 is 7.37. The second-order valence-electron chi connectivity index (χ2n) is 5.00. The van der Waals surface area contributed by atoms with Crippen molar-refractivity contribution < 1.29 is 14.6 Å². The zero-order valence-electron chi connectivity index (χ0n) is 11.4. The number of aliphatic hydroxyl groups excluding tert-OH is 1. The van der Waals surface area contributed by atoms with Crippen molar-refractivity contribution >= 4 is 5.78 Å². The Balaban J connectivity index is 1.77. The molecule has 0 atom stereocenters. The molecule has 1 aliphatic rings. The molecule has 1 N–H and O–H groups in total. The Bertz CT molecular complexity index is 409. The van der Waals surface area contributed by atoms with E-state index in [2.05, 4.69) is 4.90 Å². The molecule has 0 radical (unpaired) electrons. The van der Waals surface area contributed by atoms with Gasteiger partial charge in [-0.2, -0.15) is 0 Å². The fourth-order valence-electron chi connectivity index (χ4n) is 2.49. The number of hydrogen-bond acceptors (Lipinski definition) is 4. The van der Waals surface area contributed by atoms with Crippen molar-refractivity contribution in [2.24, 2.45) is 7.05 Å². The first-order valence-corrected chi connectivity index (χ1v) is 6.80. The molecule has 0 amide bonds. The summed E-state index contributed by atoms with van der Waals surface area (Å²) in [5.41, 5.74) is 0.763. The number of hydrogen-bond donors (Lipinski definition) is 1. The second kappa shape index (κ2) is 6.84. The lowest BCUT2D eigenvalue weighted by Gasteiger charge is -2.31. The minimum absolute atomic E-state index is 0.0756. The molecule has 2 rings (SSSR count). The third-order valence-electron chi connectivity index (χ3n) is 3.58. The van der Waals surface area contributed by atoms with Crippen LogP contribution in [0.25, 0.3) is 0 Å². The largest absolute Gasteiger partial charge is 0.394 e. The summed E-state index contributed by atoms with van der Waals surface area (Å²) in [6.07, 6.45) is 3.98. The summed E-state index contributed by atoms with van der Waals surface area (Å²) in [7, 11) is 1.89. The van der Waals surface area contributed by atoms with Crippen molar-refractivity contribution in [3.05, 3.63) is 24.0 Å². The van der Waals surface area contributed by atoms with Gasteiger partial charge in [0.1, 0.15) is 0 Å². The molecule has 1 aliphatic heterocycles. The lowest BCUT2D eigenvalue weighted by molar-refractivity contribution is -0.00692. The van der Waals surface area contributed by atoms with Gasteiger partial charge < -0.3 is 14.4 Å². The van der Waals surface area contributed by atoms with Crippen LogP contribution in [0.5, 0.6) is 0 Å². The van der Waals surface area contributed by atoms with Crippen LogP contribution in [-0.4, -0.2) is 59.3 Å². The minimum atomic E-state index is 0.0756. The van der Waals surface area contributed by atoms with E-state index in [9.17, 15) is 4.79 Å². The van der Waals surface area contributed by atoms with Gasteiger partial charge in [-0.3, -0.25) is 9.69 Å². The van der Waals surface area contributed by atoms with E-state index in [0.29, 0.717) is 13.2 Å². The maximum absolute atomic E-state index is 12.1. The Morgan fingerprint density at radius 3 is 2.79 bits per heavy atom. The highest BCUT2D eigenvalue weighted by Crippen LogP contribution is 2.14. The molecule has 0 bridgehead atoms. The SMILES string of the molecule is Cn1cccc1C(=O)CN1CCC(OCCO)CC1. The van der Waals surface area contributed by atoms with E-state index in [0.717, 1.165) is 31.6 Å².